The Bertz CT molecular complexity index is 488. The molecule has 1 atom stereocenters. The Labute approximate surface area is 143 Å². The van der Waals surface area contributed by atoms with Gasteiger partial charge in [0.1, 0.15) is 5.82 Å². The summed E-state index contributed by atoms with van der Waals surface area (Å²) in [5, 5.41) is 6.52. The first-order chi connectivity index (χ1) is 11.8. The van der Waals surface area contributed by atoms with E-state index in [-0.39, 0.29) is 5.82 Å². The van der Waals surface area contributed by atoms with Crippen molar-refractivity contribution < 1.29 is 13.9 Å². The molecule has 0 aromatic heterocycles. The van der Waals surface area contributed by atoms with Gasteiger partial charge in [0.15, 0.2) is 5.96 Å². The van der Waals surface area contributed by atoms with E-state index in [4.69, 9.17) is 9.47 Å². The van der Waals surface area contributed by atoms with Gasteiger partial charge in [-0.3, -0.25) is 4.99 Å². The Balaban J connectivity index is 1.49. The molecule has 6 heteroatoms. The van der Waals surface area contributed by atoms with Crippen molar-refractivity contribution in [3.05, 3.63) is 35.6 Å². The van der Waals surface area contributed by atoms with Gasteiger partial charge < -0.3 is 20.1 Å². The van der Waals surface area contributed by atoms with E-state index in [1.165, 1.54) is 12.1 Å². The second-order valence-corrected chi connectivity index (χ2v) is 5.96. The maximum atomic E-state index is 12.8. The third kappa shape index (κ3) is 7.27. The number of halogens is 1. The second kappa shape index (κ2) is 11.0. The molecule has 2 rings (SSSR count). The highest BCUT2D eigenvalue weighted by Gasteiger charge is 2.15. The monoisotopic (exact) mass is 337 g/mol. The number of guanidine groups is 1. The van der Waals surface area contributed by atoms with Gasteiger partial charge in [0.25, 0.3) is 0 Å². The largest absolute Gasteiger partial charge is 0.381 e. The number of hydrogen-bond acceptors (Lipinski definition) is 3. The minimum absolute atomic E-state index is 0.202. The molecule has 1 aliphatic rings. The lowest BCUT2D eigenvalue weighted by molar-refractivity contribution is 0.0888. The smallest absolute Gasteiger partial charge is 0.190 e. The van der Waals surface area contributed by atoms with Crippen LogP contribution in [0.4, 0.5) is 4.39 Å². The van der Waals surface area contributed by atoms with E-state index in [1.807, 2.05) is 0 Å². The van der Waals surface area contributed by atoms with Crippen molar-refractivity contribution in [1.82, 2.24) is 10.6 Å². The van der Waals surface area contributed by atoms with Gasteiger partial charge in [0, 0.05) is 39.3 Å². The third-order valence-electron chi connectivity index (χ3n) is 3.98. The molecule has 134 valence electrons. The zero-order valence-electron chi connectivity index (χ0n) is 14.4. The minimum Gasteiger partial charge on any atom is -0.381 e. The molecule has 1 unspecified atom stereocenters. The minimum atomic E-state index is -0.202. The van der Waals surface area contributed by atoms with Crippen molar-refractivity contribution >= 4 is 5.96 Å². The number of nitrogens with one attached hydrogen (secondary N) is 2. The summed E-state index contributed by atoms with van der Waals surface area (Å²) in [6.45, 7) is 4.82. The van der Waals surface area contributed by atoms with Crippen molar-refractivity contribution in [2.45, 2.75) is 19.3 Å². The molecule has 0 bridgehead atoms. The molecular weight excluding hydrogens is 309 g/mol. The van der Waals surface area contributed by atoms with Crippen molar-refractivity contribution in [3.8, 4) is 0 Å². The van der Waals surface area contributed by atoms with Gasteiger partial charge in [0.05, 0.1) is 13.2 Å². The second-order valence-electron chi connectivity index (χ2n) is 5.96. The molecule has 0 aliphatic carbocycles. The van der Waals surface area contributed by atoms with Gasteiger partial charge >= 0.3 is 0 Å². The van der Waals surface area contributed by atoms with E-state index in [9.17, 15) is 4.39 Å². The van der Waals surface area contributed by atoms with Gasteiger partial charge in [-0.2, -0.15) is 0 Å². The zero-order valence-corrected chi connectivity index (χ0v) is 14.4. The van der Waals surface area contributed by atoms with Gasteiger partial charge in [-0.15, -0.1) is 0 Å². The van der Waals surface area contributed by atoms with E-state index in [0.29, 0.717) is 5.92 Å². The molecule has 1 aromatic carbocycles. The summed E-state index contributed by atoms with van der Waals surface area (Å²) in [6.07, 6.45) is 2.88. The van der Waals surface area contributed by atoms with E-state index in [2.05, 4.69) is 15.6 Å². The maximum Gasteiger partial charge on any atom is 0.190 e. The normalized spacial score (nSPS) is 17.9. The fourth-order valence-corrected chi connectivity index (χ4v) is 2.54. The van der Waals surface area contributed by atoms with E-state index in [1.54, 1.807) is 19.2 Å². The maximum absolute atomic E-state index is 12.8. The van der Waals surface area contributed by atoms with Crippen LogP contribution in [0.3, 0.4) is 0 Å². The third-order valence-corrected chi connectivity index (χ3v) is 3.98. The lowest BCUT2D eigenvalue weighted by Gasteiger charge is -2.12. The Hall–Kier alpha value is -1.66. The summed E-state index contributed by atoms with van der Waals surface area (Å²) >= 11 is 0. The summed E-state index contributed by atoms with van der Waals surface area (Å²) in [7, 11) is 1.75. The first kappa shape index (κ1) is 18.7. The molecule has 2 N–H and O–H groups in total. The average Bonchev–Trinajstić information content (AvgIpc) is 3.11. The molecule has 5 nitrogen and oxygen atoms in total. The summed E-state index contributed by atoms with van der Waals surface area (Å²) in [5.41, 5.74) is 1.10. The SMILES string of the molecule is CN=C(NCCCOCC1CCOC1)NCCc1ccc(F)cc1. The average molecular weight is 337 g/mol. The molecule has 0 amide bonds. The number of nitrogens with zero attached hydrogens (tertiary/aromatic N) is 1. The molecule has 1 aliphatic heterocycles. The van der Waals surface area contributed by atoms with Crippen LogP contribution in [0.2, 0.25) is 0 Å². The van der Waals surface area contributed by atoms with Gasteiger partial charge in [-0.1, -0.05) is 12.1 Å². The fraction of sp³-hybridized carbons (Fsp3) is 0.611. The van der Waals surface area contributed by atoms with Crippen LogP contribution in [0, 0.1) is 11.7 Å². The highest BCUT2D eigenvalue weighted by Crippen LogP contribution is 2.12. The molecule has 24 heavy (non-hydrogen) atoms. The Kier molecular flexibility index (Phi) is 8.55. The van der Waals surface area contributed by atoms with Gasteiger partial charge in [0.2, 0.25) is 0 Å². The number of benzene rings is 1. The van der Waals surface area contributed by atoms with E-state index in [0.717, 1.165) is 70.3 Å². The zero-order chi connectivity index (χ0) is 17.0. The van der Waals surface area contributed by atoms with Crippen LogP contribution in [0.15, 0.2) is 29.3 Å². The molecule has 0 spiro atoms. The van der Waals surface area contributed by atoms with Crippen LogP contribution >= 0.6 is 0 Å². The van der Waals surface area contributed by atoms with Crippen molar-refractivity contribution in [3.63, 3.8) is 0 Å². The molecule has 0 saturated carbocycles. The van der Waals surface area contributed by atoms with E-state index >= 15 is 0 Å². The Morgan fingerprint density at radius 1 is 1.29 bits per heavy atom. The predicted molar refractivity (Wildman–Crippen MR) is 93.8 cm³/mol. The Morgan fingerprint density at radius 3 is 2.79 bits per heavy atom. The molecule has 1 aromatic rings. The molecule has 1 heterocycles. The molecular formula is C18H28FN3O2. The summed E-state index contributed by atoms with van der Waals surface area (Å²) in [4.78, 5) is 4.19. The number of ether oxygens (including phenoxy) is 2. The highest BCUT2D eigenvalue weighted by molar-refractivity contribution is 5.79. The first-order valence-electron chi connectivity index (χ1n) is 8.62. The lowest BCUT2D eigenvalue weighted by Crippen LogP contribution is -2.39. The number of hydrogen-bond donors (Lipinski definition) is 2. The van der Waals surface area contributed by atoms with Crippen LogP contribution in [-0.2, 0) is 15.9 Å². The number of aliphatic imine (C=N–C) groups is 1. The van der Waals surface area contributed by atoms with Crippen molar-refractivity contribution in [2.24, 2.45) is 10.9 Å². The quantitative estimate of drug-likeness (QED) is 0.411. The highest BCUT2D eigenvalue weighted by atomic mass is 19.1. The van der Waals surface area contributed by atoms with Gasteiger partial charge in [-0.25, -0.2) is 4.39 Å². The number of rotatable bonds is 9. The van der Waals surface area contributed by atoms with Crippen LogP contribution in [0.1, 0.15) is 18.4 Å². The topological polar surface area (TPSA) is 54.9 Å². The first-order valence-corrected chi connectivity index (χ1v) is 8.62. The Morgan fingerprint density at radius 2 is 2.08 bits per heavy atom. The summed E-state index contributed by atoms with van der Waals surface area (Å²) < 4.78 is 23.8. The summed E-state index contributed by atoms with van der Waals surface area (Å²) in [5.74, 6) is 1.15. The standard InChI is InChI=1S/C18H28FN3O2/c1-20-18(22-10-7-15-3-5-17(19)6-4-15)21-9-2-11-23-13-16-8-12-24-14-16/h3-6,16H,2,7-14H2,1H3,(H2,20,21,22). The van der Waals surface area contributed by atoms with Crippen molar-refractivity contribution in [2.75, 3.05) is 46.6 Å². The van der Waals surface area contributed by atoms with Crippen LogP contribution in [0.25, 0.3) is 0 Å². The fourth-order valence-electron chi connectivity index (χ4n) is 2.54. The predicted octanol–water partition coefficient (Wildman–Crippen LogP) is 1.98. The lowest BCUT2D eigenvalue weighted by atomic mass is 10.1. The van der Waals surface area contributed by atoms with E-state index < -0.39 is 0 Å². The van der Waals surface area contributed by atoms with Crippen molar-refractivity contribution in [1.29, 1.82) is 0 Å². The molecule has 1 saturated heterocycles. The molecule has 0 radical (unpaired) electrons. The van der Waals surface area contributed by atoms with Crippen LogP contribution in [-0.4, -0.2) is 52.5 Å². The summed E-state index contributed by atoms with van der Waals surface area (Å²) in [6, 6.07) is 6.58. The molecule has 1 fully saturated rings. The van der Waals surface area contributed by atoms with Crippen LogP contribution < -0.4 is 10.6 Å². The van der Waals surface area contributed by atoms with Crippen LogP contribution in [0.5, 0.6) is 0 Å². The van der Waals surface area contributed by atoms with Gasteiger partial charge in [-0.05, 0) is 37.0 Å².